The second kappa shape index (κ2) is 7.65. The van der Waals surface area contributed by atoms with Crippen molar-refractivity contribution >= 4 is 16.8 Å². The van der Waals surface area contributed by atoms with Crippen molar-refractivity contribution in [3.05, 3.63) is 48.3 Å². The Hall–Kier alpha value is -3.09. The third-order valence-corrected chi connectivity index (χ3v) is 4.83. The molecule has 0 radical (unpaired) electrons. The number of carbonyl (C=O) groups is 1. The number of benzene rings is 1. The van der Waals surface area contributed by atoms with Crippen molar-refractivity contribution < 1.29 is 14.3 Å². The highest BCUT2D eigenvalue weighted by atomic mass is 16.5. The lowest BCUT2D eigenvalue weighted by atomic mass is 10.1. The topological polar surface area (TPSA) is 80.3 Å². The van der Waals surface area contributed by atoms with E-state index in [1.54, 1.807) is 12.3 Å². The second-order valence-electron chi connectivity index (χ2n) is 6.64. The maximum absolute atomic E-state index is 12.8. The Morgan fingerprint density at radius 3 is 3.11 bits per heavy atom. The van der Waals surface area contributed by atoms with Gasteiger partial charge in [0, 0.05) is 35.9 Å². The minimum atomic E-state index is -0.0784. The van der Waals surface area contributed by atoms with E-state index in [0.29, 0.717) is 18.8 Å². The summed E-state index contributed by atoms with van der Waals surface area (Å²) >= 11 is 0. The van der Waals surface area contributed by atoms with Crippen LogP contribution >= 0.6 is 0 Å². The Bertz CT molecular complexity index is 940. The Kier molecular flexibility index (Phi) is 4.91. The number of methoxy groups -OCH3 is 1. The van der Waals surface area contributed by atoms with E-state index < -0.39 is 0 Å². The van der Waals surface area contributed by atoms with E-state index in [1.807, 2.05) is 35.4 Å². The minimum absolute atomic E-state index is 0.0784. The molecule has 1 aromatic carbocycles. The van der Waals surface area contributed by atoms with Crippen molar-refractivity contribution in [3.8, 4) is 11.9 Å². The fraction of sp³-hybridized carbons (Fsp3) is 0.350. The van der Waals surface area contributed by atoms with Crippen LogP contribution in [0.15, 0.2) is 42.7 Å². The van der Waals surface area contributed by atoms with Crippen LogP contribution in [0.5, 0.6) is 11.9 Å². The first-order valence-corrected chi connectivity index (χ1v) is 9.09. The lowest BCUT2D eigenvalue weighted by Gasteiger charge is -2.32. The third kappa shape index (κ3) is 3.86. The summed E-state index contributed by atoms with van der Waals surface area (Å²) in [7, 11) is 1.52. The van der Waals surface area contributed by atoms with Crippen LogP contribution in [0, 0.1) is 0 Å². The summed E-state index contributed by atoms with van der Waals surface area (Å²) in [6.45, 7) is 1.32. The molecule has 1 aliphatic rings. The molecule has 4 rings (SSSR count). The lowest BCUT2D eigenvalue weighted by Crippen LogP contribution is -2.45. The van der Waals surface area contributed by atoms with Gasteiger partial charge in [0.1, 0.15) is 6.10 Å². The monoisotopic (exact) mass is 366 g/mol. The molecule has 3 heterocycles. The lowest BCUT2D eigenvalue weighted by molar-refractivity contribution is -0.133. The average Bonchev–Trinajstić information content (AvgIpc) is 3.11. The number of ether oxygens (including phenoxy) is 2. The summed E-state index contributed by atoms with van der Waals surface area (Å²) in [4.78, 5) is 26.1. The number of carbonyl (C=O) groups excluding carboxylic acids is 1. The van der Waals surface area contributed by atoms with Gasteiger partial charge >= 0.3 is 6.01 Å². The second-order valence-corrected chi connectivity index (χ2v) is 6.64. The number of H-pyrrole nitrogens is 1. The molecule has 1 N–H and O–H groups in total. The van der Waals surface area contributed by atoms with Crippen molar-refractivity contribution in [2.45, 2.75) is 25.4 Å². The van der Waals surface area contributed by atoms with Crippen LogP contribution in [0.2, 0.25) is 0 Å². The van der Waals surface area contributed by atoms with Gasteiger partial charge in [-0.2, -0.15) is 4.98 Å². The number of hydrogen-bond acceptors (Lipinski definition) is 5. The average molecular weight is 366 g/mol. The normalized spacial score (nSPS) is 17.1. The molecule has 0 saturated carbocycles. The highest BCUT2D eigenvalue weighted by Crippen LogP contribution is 2.21. The van der Waals surface area contributed by atoms with E-state index in [0.717, 1.165) is 35.9 Å². The minimum Gasteiger partial charge on any atom is -0.472 e. The van der Waals surface area contributed by atoms with Gasteiger partial charge in [-0.25, -0.2) is 4.98 Å². The van der Waals surface area contributed by atoms with E-state index >= 15 is 0 Å². The molecule has 0 bridgehead atoms. The van der Waals surface area contributed by atoms with Crippen LogP contribution < -0.4 is 9.47 Å². The predicted octanol–water partition coefficient (Wildman–Crippen LogP) is 2.58. The highest BCUT2D eigenvalue weighted by molar-refractivity contribution is 5.88. The fourth-order valence-corrected chi connectivity index (χ4v) is 3.47. The molecule has 7 nitrogen and oxygen atoms in total. The Balaban J connectivity index is 1.40. The maximum atomic E-state index is 12.8. The number of rotatable bonds is 5. The molecule has 0 spiro atoms. The molecule has 1 fully saturated rings. The van der Waals surface area contributed by atoms with Crippen LogP contribution in [0.1, 0.15) is 18.4 Å². The number of para-hydroxylation sites is 1. The molecule has 1 unspecified atom stereocenters. The number of amides is 1. The Morgan fingerprint density at radius 1 is 1.33 bits per heavy atom. The van der Waals surface area contributed by atoms with Gasteiger partial charge in [0.2, 0.25) is 11.8 Å². The summed E-state index contributed by atoms with van der Waals surface area (Å²) in [5, 5.41) is 1.10. The molecular weight excluding hydrogens is 344 g/mol. The molecule has 7 heteroatoms. The van der Waals surface area contributed by atoms with Gasteiger partial charge in [-0.1, -0.05) is 18.2 Å². The molecular formula is C20H22N4O3. The molecule has 27 heavy (non-hydrogen) atoms. The number of aromatic nitrogens is 3. The maximum Gasteiger partial charge on any atom is 0.319 e. The quantitative estimate of drug-likeness (QED) is 0.751. The van der Waals surface area contributed by atoms with Gasteiger partial charge in [0.15, 0.2) is 0 Å². The predicted molar refractivity (Wildman–Crippen MR) is 101 cm³/mol. The van der Waals surface area contributed by atoms with Crippen LogP contribution in [0.25, 0.3) is 10.9 Å². The van der Waals surface area contributed by atoms with E-state index in [9.17, 15) is 4.79 Å². The zero-order chi connectivity index (χ0) is 18.6. The zero-order valence-electron chi connectivity index (χ0n) is 15.2. The van der Waals surface area contributed by atoms with Crippen LogP contribution in [0.3, 0.4) is 0 Å². The molecule has 3 aromatic rings. The first-order chi connectivity index (χ1) is 13.2. The Morgan fingerprint density at radius 2 is 2.22 bits per heavy atom. The third-order valence-electron chi connectivity index (χ3n) is 4.83. The van der Waals surface area contributed by atoms with Gasteiger partial charge in [-0.15, -0.1) is 0 Å². The molecule has 2 aromatic heterocycles. The zero-order valence-corrected chi connectivity index (χ0v) is 15.2. The summed E-state index contributed by atoms with van der Waals surface area (Å²) < 4.78 is 11.0. The van der Waals surface area contributed by atoms with Crippen molar-refractivity contribution in [3.63, 3.8) is 0 Å². The number of piperidine rings is 1. The number of likely N-dealkylation sites (tertiary alicyclic amines) is 1. The van der Waals surface area contributed by atoms with Crippen molar-refractivity contribution in [1.82, 2.24) is 19.9 Å². The number of nitrogens with zero attached hydrogens (tertiary/aromatic N) is 3. The molecule has 1 amide bonds. The fourth-order valence-electron chi connectivity index (χ4n) is 3.47. The smallest absolute Gasteiger partial charge is 0.319 e. The molecule has 1 saturated heterocycles. The van der Waals surface area contributed by atoms with Gasteiger partial charge in [-0.05, 0) is 24.5 Å². The van der Waals surface area contributed by atoms with E-state index in [1.165, 1.54) is 7.11 Å². The largest absolute Gasteiger partial charge is 0.472 e. The van der Waals surface area contributed by atoms with Gasteiger partial charge < -0.3 is 19.4 Å². The number of aromatic amines is 1. The van der Waals surface area contributed by atoms with Crippen molar-refractivity contribution in [2.75, 3.05) is 20.2 Å². The SMILES string of the molecule is COc1nccc(OC2CCCN(C(=O)Cc3c[nH]c4ccccc34)C2)n1. The van der Waals surface area contributed by atoms with Gasteiger partial charge in [0.05, 0.1) is 20.1 Å². The van der Waals surface area contributed by atoms with Crippen LogP contribution in [-0.4, -0.2) is 52.1 Å². The Labute approximate surface area is 157 Å². The van der Waals surface area contributed by atoms with E-state index in [2.05, 4.69) is 15.0 Å². The number of nitrogens with one attached hydrogen (secondary N) is 1. The summed E-state index contributed by atoms with van der Waals surface area (Å²) in [6, 6.07) is 10.0. The van der Waals surface area contributed by atoms with E-state index in [-0.39, 0.29) is 18.0 Å². The first kappa shape index (κ1) is 17.3. The molecule has 1 aliphatic heterocycles. The molecule has 0 aliphatic carbocycles. The highest BCUT2D eigenvalue weighted by Gasteiger charge is 2.25. The van der Waals surface area contributed by atoms with Gasteiger partial charge in [-0.3, -0.25) is 4.79 Å². The summed E-state index contributed by atoms with van der Waals surface area (Å²) in [5.41, 5.74) is 2.08. The number of hydrogen-bond donors (Lipinski definition) is 1. The van der Waals surface area contributed by atoms with Crippen LogP contribution in [0.4, 0.5) is 0 Å². The summed E-state index contributed by atoms with van der Waals surface area (Å²) in [5.74, 6) is 0.589. The molecule has 1 atom stereocenters. The van der Waals surface area contributed by atoms with Crippen molar-refractivity contribution in [1.29, 1.82) is 0 Å². The van der Waals surface area contributed by atoms with Gasteiger partial charge in [0.25, 0.3) is 0 Å². The van der Waals surface area contributed by atoms with E-state index in [4.69, 9.17) is 9.47 Å². The number of fused-ring (bicyclic) bond motifs is 1. The standard InChI is InChI=1S/C20H22N4O3/c1-26-20-21-9-8-18(23-20)27-15-5-4-10-24(13-15)19(25)11-14-12-22-17-7-3-2-6-16(14)17/h2-3,6-9,12,15,22H,4-5,10-11,13H2,1H3. The summed E-state index contributed by atoms with van der Waals surface area (Å²) in [6.07, 6.45) is 5.64. The van der Waals surface area contributed by atoms with Crippen molar-refractivity contribution in [2.24, 2.45) is 0 Å². The van der Waals surface area contributed by atoms with Crippen LogP contribution in [-0.2, 0) is 11.2 Å². The first-order valence-electron chi connectivity index (χ1n) is 9.09. The molecule has 140 valence electrons.